The van der Waals surface area contributed by atoms with Crippen LogP contribution in [-0.4, -0.2) is 75.2 Å². The lowest BCUT2D eigenvalue weighted by atomic mass is 9.84. The number of fused-ring (bicyclic) bond motifs is 3. The Morgan fingerprint density at radius 3 is 2.56 bits per heavy atom. The Morgan fingerprint density at radius 2 is 1.81 bits per heavy atom. The van der Waals surface area contributed by atoms with Crippen molar-refractivity contribution in [3.05, 3.63) is 11.9 Å². The summed E-state index contributed by atoms with van der Waals surface area (Å²) in [5.74, 6) is 0.381. The normalized spacial score (nSPS) is 35.9. The van der Waals surface area contributed by atoms with E-state index in [4.69, 9.17) is 11.6 Å². The minimum Gasteiger partial charge on any atom is -0.349 e. The van der Waals surface area contributed by atoms with Crippen LogP contribution in [0.2, 0.25) is 0 Å². The van der Waals surface area contributed by atoms with Gasteiger partial charge in [-0.1, -0.05) is 25.7 Å². The number of nitrogens with zero attached hydrogens (tertiary/aromatic N) is 3. The zero-order chi connectivity index (χ0) is 22.4. The summed E-state index contributed by atoms with van der Waals surface area (Å²) in [6, 6.07) is 0.918. The first-order chi connectivity index (χ1) is 15.5. The van der Waals surface area contributed by atoms with Crippen molar-refractivity contribution < 1.29 is 9.59 Å². The van der Waals surface area contributed by atoms with E-state index in [1.165, 1.54) is 12.8 Å². The molecule has 0 aromatic heterocycles. The molecule has 5 atom stereocenters. The van der Waals surface area contributed by atoms with Crippen LogP contribution in [0.25, 0.3) is 0 Å². The standard InChI is InChI=1S/C25H39ClN4O2/c1-16(2)28-13-7-10-18(28)14-27-24(31)21-15-29(17-8-3-4-9-17)25(32)23-22(26)19-11-5-6-12-20(19)30(21)23/h15-20,22-23H,3-14H2,1-2H3,(H,27,31)/t18-,19?,20?,22?,23?/m1/s1. The third-order valence-corrected chi connectivity index (χ3v) is 9.29. The lowest BCUT2D eigenvalue weighted by molar-refractivity contribution is -0.137. The maximum atomic E-state index is 13.6. The Labute approximate surface area is 197 Å². The molecule has 2 aliphatic carbocycles. The van der Waals surface area contributed by atoms with Crippen molar-refractivity contribution in [3.8, 4) is 0 Å². The number of carbonyl (C=O) groups excluding carboxylic acids is 2. The van der Waals surface area contributed by atoms with Gasteiger partial charge in [-0.3, -0.25) is 14.5 Å². The third kappa shape index (κ3) is 3.85. The van der Waals surface area contributed by atoms with Crippen molar-refractivity contribution in [2.75, 3.05) is 13.1 Å². The fourth-order valence-corrected chi connectivity index (χ4v) is 7.67. The summed E-state index contributed by atoms with van der Waals surface area (Å²) < 4.78 is 0. The number of hydrogen-bond acceptors (Lipinski definition) is 4. The van der Waals surface area contributed by atoms with Gasteiger partial charge in [0.25, 0.3) is 11.8 Å². The van der Waals surface area contributed by atoms with Gasteiger partial charge in [-0.05, 0) is 64.8 Å². The average Bonchev–Trinajstić information content (AvgIpc) is 3.53. The van der Waals surface area contributed by atoms with Crippen LogP contribution in [0.1, 0.15) is 78.1 Å². The summed E-state index contributed by atoms with van der Waals surface area (Å²) in [4.78, 5) is 33.7. The maximum Gasteiger partial charge on any atom is 0.269 e. The van der Waals surface area contributed by atoms with Gasteiger partial charge in [0.15, 0.2) is 0 Å². The van der Waals surface area contributed by atoms with E-state index in [0.717, 1.165) is 57.9 Å². The number of alkyl halides is 1. The Morgan fingerprint density at radius 1 is 1.09 bits per heavy atom. The van der Waals surface area contributed by atoms with Crippen LogP contribution < -0.4 is 5.32 Å². The summed E-state index contributed by atoms with van der Waals surface area (Å²) >= 11 is 6.98. The average molecular weight is 463 g/mol. The second kappa shape index (κ2) is 9.17. The van der Waals surface area contributed by atoms with Gasteiger partial charge in [0.05, 0.1) is 5.38 Å². The van der Waals surface area contributed by atoms with E-state index in [-0.39, 0.29) is 29.3 Å². The molecule has 2 saturated carbocycles. The Kier molecular flexibility index (Phi) is 6.45. The highest BCUT2D eigenvalue weighted by Crippen LogP contribution is 2.47. The Bertz CT molecular complexity index is 765. The lowest BCUT2D eigenvalue weighted by Crippen LogP contribution is -2.57. The highest BCUT2D eigenvalue weighted by atomic mass is 35.5. The number of halogens is 1. The van der Waals surface area contributed by atoms with Crippen LogP contribution in [-0.2, 0) is 9.59 Å². The van der Waals surface area contributed by atoms with Gasteiger partial charge in [-0.15, -0.1) is 11.6 Å². The zero-order valence-corrected chi connectivity index (χ0v) is 20.4. The van der Waals surface area contributed by atoms with Crippen molar-refractivity contribution in [2.45, 2.75) is 114 Å². The second-order valence-electron chi connectivity index (χ2n) is 10.8. The molecule has 4 unspecified atom stereocenters. The molecule has 7 heteroatoms. The van der Waals surface area contributed by atoms with Gasteiger partial charge < -0.3 is 15.1 Å². The number of likely N-dealkylation sites (tertiary alicyclic amines) is 1. The van der Waals surface area contributed by atoms with Crippen molar-refractivity contribution in [1.29, 1.82) is 0 Å². The van der Waals surface area contributed by atoms with Gasteiger partial charge in [-0.25, -0.2) is 0 Å². The summed E-state index contributed by atoms with van der Waals surface area (Å²) in [5.41, 5.74) is 0.677. The molecule has 0 spiro atoms. The molecule has 3 heterocycles. The van der Waals surface area contributed by atoms with Crippen LogP contribution in [0.15, 0.2) is 11.9 Å². The second-order valence-corrected chi connectivity index (χ2v) is 11.4. The predicted molar refractivity (Wildman–Crippen MR) is 126 cm³/mol. The van der Waals surface area contributed by atoms with E-state index < -0.39 is 6.04 Å². The molecule has 0 aromatic carbocycles. The zero-order valence-electron chi connectivity index (χ0n) is 19.6. The molecule has 32 heavy (non-hydrogen) atoms. The predicted octanol–water partition coefficient (Wildman–Crippen LogP) is 3.45. The van der Waals surface area contributed by atoms with E-state index in [1.54, 1.807) is 0 Å². The van der Waals surface area contributed by atoms with E-state index in [2.05, 4.69) is 29.0 Å². The molecule has 3 aliphatic heterocycles. The number of hydrogen-bond donors (Lipinski definition) is 1. The topological polar surface area (TPSA) is 55.9 Å². The quantitative estimate of drug-likeness (QED) is 0.636. The first-order valence-corrected chi connectivity index (χ1v) is 13.4. The molecular formula is C25H39ClN4O2. The molecular weight excluding hydrogens is 424 g/mol. The van der Waals surface area contributed by atoms with Crippen LogP contribution in [0.3, 0.4) is 0 Å². The maximum absolute atomic E-state index is 13.6. The number of amides is 2. The van der Waals surface area contributed by atoms with E-state index >= 15 is 0 Å². The fourth-order valence-electron chi connectivity index (χ4n) is 7.15. The Hall–Kier alpha value is -1.27. The van der Waals surface area contributed by atoms with Crippen LogP contribution in [0, 0.1) is 5.92 Å². The number of nitrogens with one attached hydrogen (secondary N) is 1. The summed E-state index contributed by atoms with van der Waals surface area (Å²) in [7, 11) is 0. The largest absolute Gasteiger partial charge is 0.349 e. The van der Waals surface area contributed by atoms with Crippen LogP contribution in [0.5, 0.6) is 0 Å². The SMILES string of the molecule is CC(C)N1CCC[C@@H]1CNC(=O)C1=CN(C2CCCC2)C(=O)C2C(Cl)C3CCCCC3N12. The molecule has 0 bridgehead atoms. The van der Waals surface area contributed by atoms with E-state index in [9.17, 15) is 9.59 Å². The summed E-state index contributed by atoms with van der Waals surface area (Å²) in [6.07, 6.45) is 13.0. The monoisotopic (exact) mass is 462 g/mol. The molecule has 4 fully saturated rings. The minimum absolute atomic E-state index is 0.0313. The van der Waals surface area contributed by atoms with Crippen molar-refractivity contribution in [2.24, 2.45) is 5.92 Å². The van der Waals surface area contributed by atoms with Crippen molar-refractivity contribution in [1.82, 2.24) is 20.0 Å². The van der Waals surface area contributed by atoms with Crippen molar-refractivity contribution in [3.63, 3.8) is 0 Å². The first kappa shape index (κ1) is 22.5. The van der Waals surface area contributed by atoms with Crippen LogP contribution in [0.4, 0.5) is 0 Å². The van der Waals surface area contributed by atoms with Gasteiger partial charge in [-0.2, -0.15) is 0 Å². The van der Waals surface area contributed by atoms with E-state index in [1.807, 2.05) is 11.1 Å². The molecule has 178 valence electrons. The molecule has 1 N–H and O–H groups in total. The molecule has 0 radical (unpaired) electrons. The first-order valence-electron chi connectivity index (χ1n) is 13.0. The summed E-state index contributed by atoms with van der Waals surface area (Å²) in [5, 5.41) is 3.05. The fraction of sp³-hybridized carbons (Fsp3) is 0.840. The van der Waals surface area contributed by atoms with Gasteiger partial charge in [0, 0.05) is 36.9 Å². The molecule has 2 amide bonds. The minimum atomic E-state index is -0.394. The van der Waals surface area contributed by atoms with Gasteiger partial charge in [0.2, 0.25) is 0 Å². The molecule has 2 saturated heterocycles. The highest BCUT2D eigenvalue weighted by Gasteiger charge is 2.56. The molecule has 6 nitrogen and oxygen atoms in total. The number of rotatable bonds is 5. The molecule has 5 aliphatic rings. The van der Waals surface area contributed by atoms with Crippen molar-refractivity contribution >= 4 is 23.4 Å². The Balaban J connectivity index is 1.40. The number of carbonyl (C=O) groups is 2. The van der Waals surface area contributed by atoms with Crippen LogP contribution >= 0.6 is 11.6 Å². The van der Waals surface area contributed by atoms with Gasteiger partial charge in [0.1, 0.15) is 11.7 Å². The summed E-state index contributed by atoms with van der Waals surface area (Å²) in [6.45, 7) is 6.24. The smallest absolute Gasteiger partial charge is 0.269 e. The third-order valence-electron chi connectivity index (χ3n) is 8.73. The molecule has 0 aromatic rings. The van der Waals surface area contributed by atoms with E-state index in [0.29, 0.717) is 30.2 Å². The molecule has 5 rings (SSSR count). The lowest BCUT2D eigenvalue weighted by Gasteiger charge is -2.42. The highest BCUT2D eigenvalue weighted by molar-refractivity contribution is 6.23. The van der Waals surface area contributed by atoms with Gasteiger partial charge >= 0.3 is 0 Å².